The molecule has 0 aliphatic rings. The minimum absolute atomic E-state index is 0. The van der Waals surface area contributed by atoms with Crippen molar-refractivity contribution in [3.05, 3.63) is 0 Å². The van der Waals surface area contributed by atoms with Crippen LogP contribution in [-0.4, -0.2) is 0 Å². The van der Waals surface area contributed by atoms with Gasteiger partial charge in [0.05, 0.1) is 0 Å². The van der Waals surface area contributed by atoms with E-state index < -0.39 is 0 Å². The van der Waals surface area contributed by atoms with Gasteiger partial charge in [0.1, 0.15) is 0 Å². The van der Waals surface area contributed by atoms with Crippen molar-refractivity contribution in [2.75, 3.05) is 0 Å². The summed E-state index contributed by atoms with van der Waals surface area (Å²) in [4.78, 5) is 0. The monoisotopic (exact) mass is 485 g/mol. The Morgan fingerprint density at radius 2 is 0.600 bits per heavy atom. The average Bonchev–Trinajstić information content (AvgIpc) is 0. The van der Waals surface area contributed by atoms with Crippen molar-refractivity contribution in [1.29, 1.82) is 0 Å². The maximum absolute atomic E-state index is 0. The minimum atomic E-state index is 0. The fourth-order valence-electron chi connectivity index (χ4n) is 0. The fourth-order valence-corrected chi connectivity index (χ4v) is 0. The van der Waals surface area contributed by atoms with Crippen molar-refractivity contribution in [3.8, 4) is 0 Å². The molecular weight excluding hydrogens is 477 g/mol. The zero-order chi connectivity index (χ0) is 0. The molecule has 40 valence electrons. The largest absolute Gasteiger partial charge is 2.00 e. The van der Waals surface area contributed by atoms with Crippen LogP contribution in [0.25, 0.3) is 0 Å². The Kier molecular flexibility index (Phi) is 443. The molecule has 0 amide bonds. The predicted octanol–water partition coefficient (Wildman–Crippen LogP) is -5.24. The number of halogens is 2. The first-order chi connectivity index (χ1) is 0. The zero-order valence-corrected chi connectivity index (χ0v) is 9.66. The SMILES string of the molecule is [I-].[I-].[NH4+].[NH4+].[Pt+2]. The Morgan fingerprint density at radius 1 is 0.600 bits per heavy atom. The molecule has 0 aromatic heterocycles. The summed E-state index contributed by atoms with van der Waals surface area (Å²) in [5.41, 5.74) is 0. The van der Waals surface area contributed by atoms with Gasteiger partial charge in [0.25, 0.3) is 0 Å². The van der Waals surface area contributed by atoms with E-state index in [1.165, 1.54) is 0 Å². The quantitative estimate of drug-likeness (QED) is 0.323. The molecule has 0 rings (SSSR count). The maximum atomic E-state index is 0. The molecule has 0 aliphatic carbocycles. The van der Waals surface area contributed by atoms with E-state index in [0.29, 0.717) is 0 Å². The van der Waals surface area contributed by atoms with Crippen LogP contribution in [-0.2, 0) is 21.1 Å². The summed E-state index contributed by atoms with van der Waals surface area (Å²) in [5, 5.41) is 0. The Balaban J connectivity index is 0. The molecule has 0 aliphatic heterocycles. The van der Waals surface area contributed by atoms with Gasteiger partial charge in [-0.15, -0.1) is 0 Å². The van der Waals surface area contributed by atoms with Gasteiger partial charge in [0, 0.05) is 0 Å². The second-order valence-corrected chi connectivity index (χ2v) is 0. The van der Waals surface area contributed by atoms with Crippen molar-refractivity contribution in [3.63, 3.8) is 0 Å². The third kappa shape index (κ3) is 23.5. The van der Waals surface area contributed by atoms with E-state index in [-0.39, 0.29) is 81.3 Å². The number of hydrogen-bond donors (Lipinski definition) is 2. The van der Waals surface area contributed by atoms with Crippen LogP contribution in [0.5, 0.6) is 0 Å². The van der Waals surface area contributed by atoms with Gasteiger partial charge in [0.2, 0.25) is 0 Å². The summed E-state index contributed by atoms with van der Waals surface area (Å²) in [6.07, 6.45) is 0. The molecule has 0 atom stereocenters. The first-order valence-corrected chi connectivity index (χ1v) is 0. The normalized spacial score (nSPS) is 0. The van der Waals surface area contributed by atoms with Gasteiger partial charge in [0.15, 0.2) is 0 Å². The summed E-state index contributed by atoms with van der Waals surface area (Å²) < 4.78 is 0. The van der Waals surface area contributed by atoms with Gasteiger partial charge in [-0.1, -0.05) is 0 Å². The van der Waals surface area contributed by atoms with Crippen LogP contribution in [0.2, 0.25) is 0 Å². The Labute approximate surface area is 80.3 Å². The van der Waals surface area contributed by atoms with E-state index in [1.54, 1.807) is 0 Å². The van der Waals surface area contributed by atoms with Crippen LogP contribution in [0.3, 0.4) is 0 Å². The molecule has 8 N–H and O–H groups in total. The van der Waals surface area contributed by atoms with Gasteiger partial charge >= 0.3 is 21.1 Å². The van der Waals surface area contributed by atoms with E-state index in [0.717, 1.165) is 0 Å². The second-order valence-electron chi connectivity index (χ2n) is 0. The standard InChI is InChI=1S/2HI.2H3N.Pt/h2*1H;2*1H3;/q;;;;+2. The van der Waals surface area contributed by atoms with Gasteiger partial charge in [-0.05, 0) is 0 Å². The second kappa shape index (κ2) is 36.4. The van der Waals surface area contributed by atoms with Crippen LogP contribution < -0.4 is 60.3 Å². The van der Waals surface area contributed by atoms with Gasteiger partial charge in [-0.3, -0.25) is 0 Å². The summed E-state index contributed by atoms with van der Waals surface area (Å²) in [5.74, 6) is 0. The molecule has 0 spiro atoms. The molecule has 5 heavy (non-hydrogen) atoms. The van der Waals surface area contributed by atoms with Crippen LogP contribution in [0.1, 0.15) is 0 Å². The molecule has 0 bridgehead atoms. The fraction of sp³-hybridized carbons (Fsp3) is 0. The van der Waals surface area contributed by atoms with E-state index >= 15 is 0 Å². The van der Waals surface area contributed by atoms with Crippen molar-refractivity contribution in [2.24, 2.45) is 0 Å². The van der Waals surface area contributed by atoms with Crippen molar-refractivity contribution < 1.29 is 69.0 Å². The van der Waals surface area contributed by atoms with Gasteiger partial charge in [-0.2, -0.15) is 0 Å². The predicted molar refractivity (Wildman–Crippen MR) is 12.0 cm³/mol. The summed E-state index contributed by atoms with van der Waals surface area (Å²) in [6.45, 7) is 0. The van der Waals surface area contributed by atoms with E-state index in [2.05, 4.69) is 0 Å². The third-order valence-electron chi connectivity index (χ3n) is 0. The summed E-state index contributed by atoms with van der Waals surface area (Å²) >= 11 is 0. The molecule has 0 aromatic rings. The van der Waals surface area contributed by atoms with E-state index in [4.69, 9.17) is 0 Å². The first-order valence-electron chi connectivity index (χ1n) is 0. The van der Waals surface area contributed by atoms with Gasteiger partial charge < -0.3 is 60.3 Å². The molecule has 0 fully saturated rings. The molecule has 0 unspecified atom stereocenters. The molecule has 0 saturated heterocycles. The summed E-state index contributed by atoms with van der Waals surface area (Å²) in [6, 6.07) is 0. The van der Waals surface area contributed by atoms with Crippen LogP contribution in [0.4, 0.5) is 0 Å². The van der Waals surface area contributed by atoms with Crippen LogP contribution in [0.15, 0.2) is 0 Å². The van der Waals surface area contributed by atoms with Crippen LogP contribution in [0, 0.1) is 0 Å². The molecule has 0 radical (unpaired) electrons. The number of rotatable bonds is 0. The molecule has 0 aromatic carbocycles. The number of quaternary nitrogens is 2. The van der Waals surface area contributed by atoms with E-state index in [1.807, 2.05) is 0 Å². The molecule has 0 heterocycles. The third-order valence-corrected chi connectivity index (χ3v) is 0. The Morgan fingerprint density at radius 3 is 0.600 bits per heavy atom. The smallest absolute Gasteiger partial charge is 1.00 e. The average molecular weight is 485 g/mol. The summed E-state index contributed by atoms with van der Waals surface area (Å²) in [7, 11) is 0. The molecule has 5 heteroatoms. The topological polar surface area (TPSA) is 73.0 Å². The maximum Gasteiger partial charge on any atom is 2.00 e. The van der Waals surface area contributed by atoms with Crippen LogP contribution >= 0.6 is 0 Å². The van der Waals surface area contributed by atoms with Crippen molar-refractivity contribution in [1.82, 2.24) is 12.3 Å². The minimum Gasteiger partial charge on any atom is -1.00 e. The Bertz CT molecular complexity index is 7.61. The van der Waals surface area contributed by atoms with Crippen molar-refractivity contribution in [2.45, 2.75) is 0 Å². The van der Waals surface area contributed by atoms with E-state index in [9.17, 15) is 0 Å². The molecule has 0 saturated carbocycles. The van der Waals surface area contributed by atoms with Crippen molar-refractivity contribution >= 4 is 0 Å². The molecular formula is H8I2N2Pt+2. The Hall–Kier alpha value is 2.07. The number of hydrogen-bond acceptors (Lipinski definition) is 0. The molecule has 2 nitrogen and oxygen atoms in total. The van der Waals surface area contributed by atoms with Gasteiger partial charge in [-0.25, -0.2) is 0 Å². The zero-order valence-electron chi connectivity index (χ0n) is 3.07. The first kappa shape index (κ1) is 60.8.